The van der Waals surface area contributed by atoms with Gasteiger partial charge in [-0.05, 0) is 24.6 Å². The van der Waals surface area contributed by atoms with Crippen molar-refractivity contribution in [3.05, 3.63) is 35.7 Å². The number of fused-ring (bicyclic) bond motifs is 1. The number of aromatic nitrogens is 2. The van der Waals surface area contributed by atoms with Crippen molar-refractivity contribution in [2.75, 3.05) is 0 Å². The average Bonchev–Trinajstić information content (AvgIpc) is 2.59. The molecule has 0 saturated heterocycles. The monoisotopic (exact) mass is 202 g/mol. The third-order valence-electron chi connectivity index (χ3n) is 2.12. The molecule has 0 fully saturated rings. The largest absolute Gasteiger partial charge is 0.478 e. The number of carboxylic acids is 1. The number of hydrogen-bond acceptors (Lipinski definition) is 2. The molecule has 4 heteroatoms. The minimum atomic E-state index is -0.979. The van der Waals surface area contributed by atoms with Crippen LogP contribution in [0.4, 0.5) is 0 Å². The van der Waals surface area contributed by atoms with E-state index in [9.17, 15) is 4.79 Å². The van der Waals surface area contributed by atoms with Crippen LogP contribution in [0.3, 0.4) is 0 Å². The number of aliphatic carboxylic acids is 1. The molecule has 2 rings (SSSR count). The average molecular weight is 202 g/mol. The maximum atomic E-state index is 10.3. The first-order chi connectivity index (χ1) is 7.16. The molecule has 0 radical (unpaired) electrons. The first-order valence-electron chi connectivity index (χ1n) is 4.53. The van der Waals surface area contributed by atoms with Crippen LogP contribution in [0, 0.1) is 6.92 Å². The van der Waals surface area contributed by atoms with Gasteiger partial charge in [0, 0.05) is 6.08 Å². The smallest absolute Gasteiger partial charge is 0.328 e. The van der Waals surface area contributed by atoms with Crippen molar-refractivity contribution in [3.63, 3.8) is 0 Å². The van der Waals surface area contributed by atoms with Gasteiger partial charge in [-0.25, -0.2) is 9.78 Å². The molecule has 2 N–H and O–H groups in total. The second-order valence-corrected chi connectivity index (χ2v) is 3.26. The zero-order valence-electron chi connectivity index (χ0n) is 8.19. The molecular formula is C11H10N2O2. The number of carbonyl (C=O) groups is 1. The van der Waals surface area contributed by atoms with Crippen LogP contribution in [0.15, 0.2) is 24.3 Å². The van der Waals surface area contributed by atoms with Crippen molar-refractivity contribution in [3.8, 4) is 0 Å². The lowest BCUT2D eigenvalue weighted by Gasteiger charge is -1.90. The van der Waals surface area contributed by atoms with Gasteiger partial charge in [-0.1, -0.05) is 12.1 Å². The van der Waals surface area contributed by atoms with Crippen molar-refractivity contribution in [1.29, 1.82) is 0 Å². The van der Waals surface area contributed by atoms with Gasteiger partial charge < -0.3 is 10.1 Å². The lowest BCUT2D eigenvalue weighted by Crippen LogP contribution is -1.86. The van der Waals surface area contributed by atoms with Crippen molar-refractivity contribution in [1.82, 2.24) is 9.97 Å². The lowest BCUT2D eigenvalue weighted by atomic mass is 10.2. The van der Waals surface area contributed by atoms with Gasteiger partial charge in [0.05, 0.1) is 11.0 Å². The number of aromatic amines is 1. The third-order valence-corrected chi connectivity index (χ3v) is 2.12. The summed E-state index contributed by atoms with van der Waals surface area (Å²) in [6.07, 6.45) is 2.51. The Bertz CT molecular complexity index is 541. The molecule has 0 bridgehead atoms. The molecule has 0 unspecified atom stereocenters. The first-order valence-corrected chi connectivity index (χ1v) is 4.53. The fourth-order valence-corrected chi connectivity index (χ4v) is 1.42. The number of H-pyrrole nitrogens is 1. The van der Waals surface area contributed by atoms with Gasteiger partial charge in [-0.3, -0.25) is 0 Å². The van der Waals surface area contributed by atoms with E-state index in [2.05, 4.69) is 9.97 Å². The molecule has 4 nitrogen and oxygen atoms in total. The van der Waals surface area contributed by atoms with Gasteiger partial charge in [0.15, 0.2) is 0 Å². The number of rotatable bonds is 2. The van der Waals surface area contributed by atoms with Gasteiger partial charge in [-0.2, -0.15) is 0 Å². The highest BCUT2D eigenvalue weighted by Gasteiger charge is 2.02. The molecule has 76 valence electrons. The van der Waals surface area contributed by atoms with Crippen LogP contribution in [0.5, 0.6) is 0 Å². The summed E-state index contributed by atoms with van der Waals surface area (Å²) in [7, 11) is 0. The topological polar surface area (TPSA) is 66.0 Å². The number of imidazole rings is 1. The third kappa shape index (κ3) is 1.88. The standard InChI is InChI=1S/C11H10N2O2/c1-7-3-2-4-8-11(7)13-9(12-8)5-6-10(14)15/h2-6H,1H3,(H,12,13)(H,14,15)/b6-5+. The van der Waals surface area contributed by atoms with Crippen molar-refractivity contribution < 1.29 is 9.90 Å². The van der Waals surface area contributed by atoms with E-state index < -0.39 is 5.97 Å². The van der Waals surface area contributed by atoms with Crippen LogP contribution in [-0.2, 0) is 4.79 Å². The second kappa shape index (κ2) is 3.57. The summed E-state index contributed by atoms with van der Waals surface area (Å²) < 4.78 is 0. The minimum Gasteiger partial charge on any atom is -0.478 e. The number of nitrogens with zero attached hydrogens (tertiary/aromatic N) is 1. The predicted molar refractivity (Wildman–Crippen MR) is 57.5 cm³/mol. The second-order valence-electron chi connectivity index (χ2n) is 3.26. The number of benzene rings is 1. The molecule has 0 aliphatic carbocycles. The van der Waals surface area contributed by atoms with Crippen molar-refractivity contribution in [2.24, 2.45) is 0 Å². The highest BCUT2D eigenvalue weighted by atomic mass is 16.4. The molecule has 0 atom stereocenters. The maximum Gasteiger partial charge on any atom is 0.328 e. The van der Waals surface area contributed by atoms with Crippen molar-refractivity contribution in [2.45, 2.75) is 6.92 Å². The Kier molecular flexibility index (Phi) is 2.25. The van der Waals surface area contributed by atoms with Gasteiger partial charge >= 0.3 is 5.97 Å². The molecule has 0 aliphatic rings. The Morgan fingerprint density at radius 1 is 1.53 bits per heavy atom. The summed E-state index contributed by atoms with van der Waals surface area (Å²) in [6.45, 7) is 1.97. The lowest BCUT2D eigenvalue weighted by molar-refractivity contribution is -0.131. The number of aryl methyl sites for hydroxylation is 1. The van der Waals surface area contributed by atoms with Crippen LogP contribution in [0.1, 0.15) is 11.4 Å². The molecule has 1 aromatic heterocycles. The van der Waals surface area contributed by atoms with E-state index in [1.807, 2.05) is 25.1 Å². The minimum absolute atomic E-state index is 0.557. The summed E-state index contributed by atoms with van der Waals surface area (Å²) in [5, 5.41) is 8.48. The van der Waals surface area contributed by atoms with Crippen molar-refractivity contribution >= 4 is 23.1 Å². The normalized spacial score (nSPS) is 11.3. The van der Waals surface area contributed by atoms with E-state index >= 15 is 0 Å². The molecule has 15 heavy (non-hydrogen) atoms. The Morgan fingerprint density at radius 2 is 2.33 bits per heavy atom. The van der Waals surface area contributed by atoms with Crippen LogP contribution in [-0.4, -0.2) is 21.0 Å². The number of para-hydroxylation sites is 1. The predicted octanol–water partition coefficient (Wildman–Crippen LogP) is 1.97. The summed E-state index contributed by atoms with van der Waals surface area (Å²) >= 11 is 0. The van der Waals surface area contributed by atoms with Gasteiger partial charge in [0.25, 0.3) is 0 Å². The number of hydrogen-bond donors (Lipinski definition) is 2. The molecule has 1 heterocycles. The van der Waals surface area contributed by atoms with Crippen LogP contribution >= 0.6 is 0 Å². The van der Waals surface area contributed by atoms with Gasteiger partial charge in [0.1, 0.15) is 5.82 Å². The SMILES string of the molecule is Cc1cccc2[nH]c(/C=C/C(=O)O)nc12. The fraction of sp³-hybridized carbons (Fsp3) is 0.0909. The zero-order valence-corrected chi connectivity index (χ0v) is 8.19. The van der Waals surface area contributed by atoms with E-state index in [0.717, 1.165) is 22.7 Å². The van der Waals surface area contributed by atoms with Crippen LogP contribution < -0.4 is 0 Å². The zero-order chi connectivity index (χ0) is 10.8. The summed E-state index contributed by atoms with van der Waals surface area (Å²) in [5.74, 6) is -0.422. The van der Waals surface area contributed by atoms with E-state index in [-0.39, 0.29) is 0 Å². The Hall–Kier alpha value is -2.10. The molecule has 0 amide bonds. The quantitative estimate of drug-likeness (QED) is 0.731. The molecule has 1 aromatic carbocycles. The van der Waals surface area contributed by atoms with E-state index in [0.29, 0.717) is 5.82 Å². The highest BCUT2D eigenvalue weighted by molar-refractivity contribution is 5.86. The molecule has 0 aliphatic heterocycles. The van der Waals surface area contributed by atoms with E-state index in [1.165, 1.54) is 6.08 Å². The van der Waals surface area contributed by atoms with Gasteiger partial charge in [0.2, 0.25) is 0 Å². The van der Waals surface area contributed by atoms with Gasteiger partial charge in [-0.15, -0.1) is 0 Å². The first kappa shape index (κ1) is 9.45. The Morgan fingerprint density at radius 3 is 3.00 bits per heavy atom. The Labute approximate surface area is 86.3 Å². The summed E-state index contributed by atoms with van der Waals surface area (Å²) in [4.78, 5) is 17.6. The highest BCUT2D eigenvalue weighted by Crippen LogP contribution is 2.15. The molecule has 0 saturated carbocycles. The molecular weight excluding hydrogens is 192 g/mol. The fourth-order valence-electron chi connectivity index (χ4n) is 1.42. The van der Waals surface area contributed by atoms with E-state index in [4.69, 9.17) is 5.11 Å². The summed E-state index contributed by atoms with van der Waals surface area (Å²) in [5.41, 5.74) is 2.86. The molecule has 2 aromatic rings. The van der Waals surface area contributed by atoms with E-state index in [1.54, 1.807) is 0 Å². The summed E-state index contributed by atoms with van der Waals surface area (Å²) in [6, 6.07) is 5.81. The van der Waals surface area contributed by atoms with Crippen LogP contribution in [0.2, 0.25) is 0 Å². The van der Waals surface area contributed by atoms with Crippen LogP contribution in [0.25, 0.3) is 17.1 Å². The molecule has 0 spiro atoms. The maximum absolute atomic E-state index is 10.3. The Balaban J connectivity index is 2.48. The number of nitrogens with one attached hydrogen (secondary N) is 1. The number of carboxylic acid groups (broad SMARTS) is 1.